The highest BCUT2D eigenvalue weighted by Gasteiger charge is 2.42. The van der Waals surface area contributed by atoms with Gasteiger partial charge in [0.05, 0.1) is 43.9 Å². The van der Waals surface area contributed by atoms with E-state index in [9.17, 15) is 19.2 Å². The van der Waals surface area contributed by atoms with Crippen LogP contribution >= 0.6 is 0 Å². The summed E-state index contributed by atoms with van der Waals surface area (Å²) in [5.41, 5.74) is 2.81. The Morgan fingerprint density at radius 1 is 1.02 bits per heavy atom. The normalized spacial score (nSPS) is 17.3. The molecule has 4 heterocycles. The van der Waals surface area contributed by atoms with Gasteiger partial charge in [0.1, 0.15) is 30.1 Å². The first-order chi connectivity index (χ1) is 24.0. The van der Waals surface area contributed by atoms with E-state index in [2.05, 4.69) is 30.7 Å². The van der Waals surface area contributed by atoms with Gasteiger partial charge in [-0.3, -0.25) is 19.5 Å². The lowest BCUT2D eigenvalue weighted by molar-refractivity contribution is -0.153. The van der Waals surface area contributed by atoms with E-state index in [1.807, 2.05) is 45.0 Å². The largest absolute Gasteiger partial charge is 0.495 e. The van der Waals surface area contributed by atoms with E-state index in [0.29, 0.717) is 68.1 Å². The molecule has 0 saturated carbocycles. The number of amides is 2. The van der Waals surface area contributed by atoms with Crippen molar-refractivity contribution in [3.8, 4) is 17.1 Å². The number of methoxy groups -OCH3 is 2. The maximum atomic E-state index is 13.5. The van der Waals surface area contributed by atoms with Crippen molar-refractivity contribution in [2.75, 3.05) is 57.2 Å². The number of Topliss-reactive ketones (excluding diaryl/α,β-unsaturated/α-hetero) is 1. The van der Waals surface area contributed by atoms with Crippen LogP contribution in [0.4, 0.5) is 11.4 Å². The smallest absolute Gasteiger partial charge is 0.328 e. The average Bonchev–Trinajstić information content (AvgIpc) is 3.85. The summed E-state index contributed by atoms with van der Waals surface area (Å²) in [6, 6.07) is 11.5. The molecule has 0 unspecified atom stereocenters. The van der Waals surface area contributed by atoms with Crippen LogP contribution in [0.5, 0.6) is 5.75 Å². The highest BCUT2D eigenvalue weighted by molar-refractivity contribution is 5.98. The Bertz CT molecular complexity index is 1650. The number of nitrogens with zero attached hydrogens (tertiary/aromatic N) is 4. The summed E-state index contributed by atoms with van der Waals surface area (Å²) < 4.78 is 16.5. The van der Waals surface area contributed by atoms with Gasteiger partial charge < -0.3 is 34.6 Å². The molecule has 2 fully saturated rings. The van der Waals surface area contributed by atoms with Crippen molar-refractivity contribution in [2.45, 2.75) is 64.6 Å². The summed E-state index contributed by atoms with van der Waals surface area (Å²) in [7, 11) is 2.90. The lowest BCUT2D eigenvalue weighted by Crippen LogP contribution is -2.57. The van der Waals surface area contributed by atoms with Crippen LogP contribution in [0, 0.1) is 5.41 Å². The van der Waals surface area contributed by atoms with E-state index in [-0.39, 0.29) is 36.9 Å². The third kappa shape index (κ3) is 8.78. The summed E-state index contributed by atoms with van der Waals surface area (Å²) in [6.07, 6.45) is 4.19. The lowest BCUT2D eigenvalue weighted by atomic mass is 9.85. The number of piperidine rings is 1. The molecule has 0 aliphatic carbocycles. The quantitative estimate of drug-likeness (QED) is 0.178. The Morgan fingerprint density at radius 3 is 2.48 bits per heavy atom. The first kappa shape index (κ1) is 36.3. The molecule has 2 aliphatic heterocycles. The van der Waals surface area contributed by atoms with Crippen LogP contribution in [0.3, 0.4) is 0 Å². The molecule has 5 rings (SSSR count). The second-order valence-electron chi connectivity index (χ2n) is 13.6. The maximum Gasteiger partial charge on any atom is 0.328 e. The number of hydrogen-bond acceptors (Lipinski definition) is 11. The minimum Gasteiger partial charge on any atom is -0.495 e. The van der Waals surface area contributed by atoms with Crippen molar-refractivity contribution in [3.05, 3.63) is 54.4 Å². The molecule has 14 nitrogen and oxygen atoms in total. The van der Waals surface area contributed by atoms with Crippen molar-refractivity contribution in [1.29, 1.82) is 0 Å². The minimum absolute atomic E-state index is 0.0440. The van der Waals surface area contributed by atoms with Gasteiger partial charge >= 0.3 is 5.97 Å². The number of H-pyrrole nitrogens is 1. The van der Waals surface area contributed by atoms with Crippen LogP contribution in [-0.4, -0.2) is 109 Å². The Kier molecular flexibility index (Phi) is 11.7. The summed E-state index contributed by atoms with van der Waals surface area (Å²) >= 11 is 0. The molecule has 2 aliphatic rings. The predicted octanol–water partition coefficient (Wildman–Crippen LogP) is 3.46. The topological polar surface area (TPSA) is 168 Å². The molecule has 2 amide bonds. The molecule has 268 valence electrons. The van der Waals surface area contributed by atoms with Gasteiger partial charge in [0.25, 0.3) is 0 Å². The Morgan fingerprint density at radius 2 is 1.80 bits per heavy atom. The standard InChI is InChI=1S/C36H47N7O7/c1-36(2,3)33(34(46)43-17-7-10-29(43)35(47)49-5)40-32(45)22-50-24-14-18-42(19-15-24)23-11-12-28(31(20-23)48-4)37-21-30(44)27-9-6-8-25(39-27)26-13-16-38-41-26/h6,8-9,11-13,16,20,24,29,33,37H,7,10,14-15,17-19,21-22H2,1-5H3,(H,38,41)(H,40,45)/t29-,33+/m0/s1. The van der Waals surface area contributed by atoms with E-state index >= 15 is 0 Å². The summed E-state index contributed by atoms with van der Waals surface area (Å²) in [4.78, 5) is 59.9. The molecule has 2 atom stereocenters. The fourth-order valence-corrected chi connectivity index (χ4v) is 6.33. The van der Waals surface area contributed by atoms with E-state index in [1.54, 1.807) is 31.5 Å². The number of hydrogen-bond donors (Lipinski definition) is 3. The van der Waals surface area contributed by atoms with Crippen LogP contribution < -0.4 is 20.3 Å². The van der Waals surface area contributed by atoms with Gasteiger partial charge in [-0.2, -0.15) is 5.10 Å². The summed E-state index contributed by atoms with van der Waals surface area (Å²) in [5, 5.41) is 12.9. The third-order valence-corrected chi connectivity index (χ3v) is 9.12. The lowest BCUT2D eigenvalue weighted by Gasteiger charge is -2.35. The zero-order valence-corrected chi connectivity index (χ0v) is 29.4. The number of rotatable bonds is 13. The van der Waals surface area contributed by atoms with Gasteiger partial charge in [-0.1, -0.05) is 26.8 Å². The number of carbonyl (C=O) groups excluding carboxylic acids is 4. The first-order valence-corrected chi connectivity index (χ1v) is 16.9. The zero-order valence-electron chi connectivity index (χ0n) is 29.4. The van der Waals surface area contributed by atoms with E-state index in [1.165, 1.54) is 12.0 Å². The van der Waals surface area contributed by atoms with Crippen molar-refractivity contribution >= 4 is 34.9 Å². The number of anilines is 2. The van der Waals surface area contributed by atoms with Crippen molar-refractivity contribution in [1.82, 2.24) is 25.4 Å². The highest BCUT2D eigenvalue weighted by atomic mass is 16.5. The maximum absolute atomic E-state index is 13.5. The van der Waals surface area contributed by atoms with Crippen molar-refractivity contribution < 1.29 is 33.4 Å². The molecule has 0 spiro atoms. The molecule has 3 N–H and O–H groups in total. The molecule has 1 aromatic carbocycles. The number of ether oxygens (including phenoxy) is 3. The SMILES string of the molecule is COC(=O)[C@@H]1CCCN1C(=O)[C@@H](NC(=O)COC1CCN(c2ccc(NCC(=O)c3cccc(-c4ccn[nH]4)n3)c(OC)c2)CC1)C(C)(C)C. The van der Waals surface area contributed by atoms with Crippen LogP contribution in [0.2, 0.25) is 0 Å². The number of benzene rings is 1. The average molecular weight is 690 g/mol. The molecule has 50 heavy (non-hydrogen) atoms. The molecule has 2 aromatic heterocycles. The number of nitrogens with one attached hydrogen (secondary N) is 3. The van der Waals surface area contributed by atoms with Gasteiger partial charge in [0, 0.05) is 37.6 Å². The third-order valence-electron chi connectivity index (χ3n) is 9.12. The summed E-state index contributed by atoms with van der Waals surface area (Å²) in [6.45, 7) is 7.40. The Balaban J connectivity index is 1.10. The second-order valence-corrected chi connectivity index (χ2v) is 13.6. The fraction of sp³-hybridized carbons (Fsp3) is 0.500. The Labute approximate surface area is 292 Å². The van der Waals surface area contributed by atoms with Gasteiger partial charge in [-0.05, 0) is 61.4 Å². The number of pyridine rings is 1. The molecule has 3 aromatic rings. The molecule has 14 heteroatoms. The fourth-order valence-electron chi connectivity index (χ4n) is 6.33. The molecule has 0 bridgehead atoms. The molecule has 2 saturated heterocycles. The van der Waals surface area contributed by atoms with Gasteiger partial charge in [-0.25, -0.2) is 9.78 Å². The molecular weight excluding hydrogens is 642 g/mol. The number of ketones is 1. The number of esters is 1. The van der Waals surface area contributed by atoms with Gasteiger partial charge in [-0.15, -0.1) is 0 Å². The second kappa shape index (κ2) is 16.2. The van der Waals surface area contributed by atoms with E-state index in [4.69, 9.17) is 14.2 Å². The number of likely N-dealkylation sites (tertiary alicyclic amines) is 1. The van der Waals surface area contributed by atoms with Crippen molar-refractivity contribution in [2.24, 2.45) is 5.41 Å². The number of aromatic nitrogens is 3. The highest BCUT2D eigenvalue weighted by Crippen LogP contribution is 2.32. The predicted molar refractivity (Wildman–Crippen MR) is 187 cm³/mol. The van der Waals surface area contributed by atoms with Crippen LogP contribution in [0.1, 0.15) is 56.9 Å². The van der Waals surface area contributed by atoms with Crippen LogP contribution in [-0.2, 0) is 23.9 Å². The number of carbonyl (C=O) groups is 4. The Hall–Kier alpha value is -4.98. The molecular formula is C36H47N7O7. The van der Waals surface area contributed by atoms with Crippen LogP contribution in [0.25, 0.3) is 11.4 Å². The van der Waals surface area contributed by atoms with E-state index in [0.717, 1.165) is 11.4 Å². The summed E-state index contributed by atoms with van der Waals surface area (Å²) in [5.74, 6) is -0.651. The zero-order chi connectivity index (χ0) is 35.8. The van der Waals surface area contributed by atoms with Crippen molar-refractivity contribution in [3.63, 3.8) is 0 Å². The molecule has 0 radical (unpaired) electrons. The van der Waals surface area contributed by atoms with Crippen LogP contribution in [0.15, 0.2) is 48.7 Å². The first-order valence-electron chi connectivity index (χ1n) is 16.9. The van der Waals surface area contributed by atoms with Gasteiger partial charge in [0.2, 0.25) is 11.8 Å². The number of aromatic amines is 1. The van der Waals surface area contributed by atoms with E-state index < -0.39 is 23.5 Å². The minimum atomic E-state index is -0.813. The van der Waals surface area contributed by atoms with Gasteiger partial charge in [0.15, 0.2) is 5.78 Å². The monoisotopic (exact) mass is 689 g/mol.